The topological polar surface area (TPSA) is 186 Å². The Hall–Kier alpha value is -3.51. The van der Waals surface area contributed by atoms with Crippen molar-refractivity contribution in [1.82, 2.24) is 10.2 Å². The van der Waals surface area contributed by atoms with E-state index in [2.05, 4.69) is 15.4 Å². The molecule has 0 aliphatic carbocycles. The molecular formula is C31H45N3O13. The summed E-state index contributed by atoms with van der Waals surface area (Å²) in [4.78, 5) is 61.7. The van der Waals surface area contributed by atoms with Crippen LogP contribution in [0.15, 0.2) is 18.2 Å². The Bertz CT molecular complexity index is 1170. The molecular weight excluding hydrogens is 622 g/mol. The number of nitrogens with one attached hydrogen (secondary N) is 2. The lowest BCUT2D eigenvalue weighted by molar-refractivity contribution is -0.142. The van der Waals surface area contributed by atoms with Crippen molar-refractivity contribution in [3.8, 4) is 0 Å². The molecule has 4 amide bonds. The molecule has 1 aromatic carbocycles. The average molecular weight is 668 g/mol. The predicted molar refractivity (Wildman–Crippen MR) is 164 cm³/mol. The van der Waals surface area contributed by atoms with Gasteiger partial charge in [0.25, 0.3) is 11.8 Å². The molecule has 3 rings (SSSR count). The summed E-state index contributed by atoms with van der Waals surface area (Å²) in [7, 11) is 1.34. The second kappa shape index (κ2) is 22.1. The Kier molecular flexibility index (Phi) is 17.9. The maximum atomic E-state index is 13.1. The van der Waals surface area contributed by atoms with Crippen LogP contribution < -0.4 is 10.6 Å². The van der Waals surface area contributed by atoms with Crippen LogP contribution in [-0.2, 0) is 52.3 Å². The lowest BCUT2D eigenvalue weighted by Gasteiger charge is -2.27. The van der Waals surface area contributed by atoms with E-state index < -0.39 is 29.7 Å². The Morgan fingerprint density at radius 3 is 1.77 bits per heavy atom. The van der Waals surface area contributed by atoms with Gasteiger partial charge < -0.3 is 43.2 Å². The highest BCUT2D eigenvalue weighted by Gasteiger charge is 2.45. The van der Waals surface area contributed by atoms with Gasteiger partial charge in [-0.05, 0) is 18.6 Å². The summed E-state index contributed by atoms with van der Waals surface area (Å²) >= 11 is 0. The van der Waals surface area contributed by atoms with Gasteiger partial charge in [0.15, 0.2) is 0 Å². The average Bonchev–Trinajstić information content (AvgIpc) is 3.32. The first kappa shape index (κ1) is 37.9. The molecule has 1 saturated heterocycles. The third-order valence-electron chi connectivity index (χ3n) is 6.94. The number of amides is 4. The number of anilines is 1. The van der Waals surface area contributed by atoms with Crippen LogP contribution in [0, 0.1) is 0 Å². The van der Waals surface area contributed by atoms with Crippen LogP contribution in [-0.4, -0.2) is 147 Å². The Balaban J connectivity index is 1.10. The van der Waals surface area contributed by atoms with E-state index in [0.717, 1.165) is 4.90 Å². The maximum absolute atomic E-state index is 13.1. The fourth-order valence-electron chi connectivity index (χ4n) is 4.60. The molecule has 1 fully saturated rings. The van der Waals surface area contributed by atoms with E-state index in [-0.39, 0.29) is 36.4 Å². The van der Waals surface area contributed by atoms with E-state index in [9.17, 15) is 24.0 Å². The molecule has 0 radical (unpaired) electrons. The van der Waals surface area contributed by atoms with Crippen LogP contribution in [0.1, 0.15) is 40.0 Å². The highest BCUT2D eigenvalue weighted by molar-refractivity contribution is 6.25. The zero-order valence-electron chi connectivity index (χ0n) is 26.8. The summed E-state index contributed by atoms with van der Waals surface area (Å²) in [5.74, 6) is -2.48. The summed E-state index contributed by atoms with van der Waals surface area (Å²) in [6.45, 7) is 6.13. The van der Waals surface area contributed by atoms with Gasteiger partial charge in [-0.3, -0.25) is 34.2 Å². The normalized spacial score (nSPS) is 16.0. The number of piperidine rings is 1. The standard InChI is InChI=1S/C31H45N3O13/c1-40-27(36)7-9-41-11-13-43-15-17-45-19-21-47-22-20-46-18-16-44-14-12-42-10-8-32-24-4-2-3-23-28(24)31(39)34(30(23)38)25-5-6-26(35)33-29(25)37/h2-4,25,32H,5-22H2,1H3,(H,33,35,37). The van der Waals surface area contributed by atoms with Crippen LogP contribution in [0.25, 0.3) is 0 Å². The van der Waals surface area contributed by atoms with Gasteiger partial charge in [-0.25, -0.2) is 0 Å². The first-order valence-electron chi connectivity index (χ1n) is 15.6. The zero-order chi connectivity index (χ0) is 33.7. The van der Waals surface area contributed by atoms with E-state index >= 15 is 0 Å². The van der Waals surface area contributed by atoms with Crippen molar-refractivity contribution in [2.24, 2.45) is 0 Å². The molecule has 47 heavy (non-hydrogen) atoms. The summed E-state index contributed by atoms with van der Waals surface area (Å²) < 4.78 is 42.5. The molecule has 16 nitrogen and oxygen atoms in total. The molecule has 0 bridgehead atoms. The molecule has 1 atom stereocenters. The van der Waals surface area contributed by atoms with Gasteiger partial charge in [0.1, 0.15) is 6.04 Å². The minimum Gasteiger partial charge on any atom is -0.469 e. The summed E-state index contributed by atoms with van der Waals surface area (Å²) in [6.07, 6.45) is 0.394. The number of hydrogen-bond acceptors (Lipinski definition) is 14. The summed E-state index contributed by atoms with van der Waals surface area (Å²) in [6, 6.07) is 3.89. The minimum absolute atomic E-state index is 0.0647. The molecule has 0 spiro atoms. The molecule has 0 aromatic heterocycles. The number of hydrogen-bond donors (Lipinski definition) is 2. The number of rotatable bonds is 26. The fraction of sp³-hybridized carbons (Fsp3) is 0.645. The molecule has 1 aromatic rings. The molecule has 2 heterocycles. The number of imide groups is 2. The molecule has 2 aliphatic rings. The van der Waals surface area contributed by atoms with Crippen LogP contribution in [0.3, 0.4) is 0 Å². The van der Waals surface area contributed by atoms with Crippen molar-refractivity contribution >= 4 is 35.3 Å². The van der Waals surface area contributed by atoms with Gasteiger partial charge in [-0.1, -0.05) is 6.07 Å². The Morgan fingerprint density at radius 1 is 0.745 bits per heavy atom. The SMILES string of the molecule is COC(=O)CCOCCOCCOCCOCCOCCOCCOCCNc1cccc2c1C(=O)N(C1CCC(=O)NC1=O)C2=O. The summed E-state index contributed by atoms with van der Waals surface area (Å²) in [5, 5.41) is 5.31. The molecule has 1 unspecified atom stereocenters. The largest absolute Gasteiger partial charge is 0.469 e. The van der Waals surface area contributed by atoms with Crippen LogP contribution >= 0.6 is 0 Å². The second-order valence-electron chi connectivity index (χ2n) is 10.2. The molecule has 2 N–H and O–H groups in total. The Labute approximate surface area is 273 Å². The van der Waals surface area contributed by atoms with Gasteiger partial charge in [-0.15, -0.1) is 0 Å². The van der Waals surface area contributed by atoms with Gasteiger partial charge in [0.2, 0.25) is 11.8 Å². The third kappa shape index (κ3) is 13.3. The predicted octanol–water partition coefficient (Wildman–Crippen LogP) is 0.179. The third-order valence-corrected chi connectivity index (χ3v) is 6.94. The number of carbonyl (C=O) groups excluding carboxylic acids is 5. The molecule has 262 valence electrons. The van der Waals surface area contributed by atoms with E-state index in [4.69, 9.17) is 33.2 Å². The maximum Gasteiger partial charge on any atom is 0.307 e. The highest BCUT2D eigenvalue weighted by atomic mass is 16.6. The smallest absolute Gasteiger partial charge is 0.307 e. The fourth-order valence-corrected chi connectivity index (χ4v) is 4.60. The highest BCUT2D eigenvalue weighted by Crippen LogP contribution is 2.32. The molecule has 0 saturated carbocycles. The van der Waals surface area contributed by atoms with Crippen molar-refractivity contribution in [1.29, 1.82) is 0 Å². The van der Waals surface area contributed by atoms with Crippen molar-refractivity contribution in [3.63, 3.8) is 0 Å². The van der Waals surface area contributed by atoms with Gasteiger partial charge in [-0.2, -0.15) is 0 Å². The monoisotopic (exact) mass is 667 g/mol. The number of ether oxygens (including phenoxy) is 8. The number of benzene rings is 1. The number of esters is 1. The summed E-state index contributed by atoms with van der Waals surface area (Å²) in [5.41, 5.74) is 0.899. The number of nitrogens with zero attached hydrogens (tertiary/aromatic N) is 1. The van der Waals surface area contributed by atoms with Crippen LogP contribution in [0.2, 0.25) is 0 Å². The van der Waals surface area contributed by atoms with E-state index in [1.54, 1.807) is 18.2 Å². The molecule has 16 heteroatoms. The van der Waals surface area contributed by atoms with Crippen LogP contribution in [0.4, 0.5) is 5.69 Å². The minimum atomic E-state index is -1.01. The number of fused-ring (bicyclic) bond motifs is 1. The number of methoxy groups -OCH3 is 1. The van der Waals surface area contributed by atoms with E-state index in [1.165, 1.54) is 7.11 Å². The van der Waals surface area contributed by atoms with E-state index in [0.29, 0.717) is 105 Å². The van der Waals surface area contributed by atoms with Gasteiger partial charge in [0.05, 0.1) is 117 Å². The van der Waals surface area contributed by atoms with Gasteiger partial charge in [0, 0.05) is 18.7 Å². The first-order valence-corrected chi connectivity index (χ1v) is 15.6. The zero-order valence-corrected chi connectivity index (χ0v) is 26.8. The quantitative estimate of drug-likeness (QED) is 0.0774. The second-order valence-corrected chi connectivity index (χ2v) is 10.2. The molecule has 2 aliphatic heterocycles. The van der Waals surface area contributed by atoms with Crippen molar-refractivity contribution in [2.45, 2.75) is 25.3 Å². The number of carbonyl (C=O) groups is 5. The van der Waals surface area contributed by atoms with E-state index in [1.807, 2.05) is 0 Å². The van der Waals surface area contributed by atoms with Crippen molar-refractivity contribution in [3.05, 3.63) is 29.3 Å². The van der Waals surface area contributed by atoms with Crippen LogP contribution in [0.5, 0.6) is 0 Å². The van der Waals surface area contributed by atoms with Gasteiger partial charge >= 0.3 is 5.97 Å². The van der Waals surface area contributed by atoms with Crippen molar-refractivity contribution in [2.75, 3.05) is 111 Å². The Morgan fingerprint density at radius 2 is 1.26 bits per heavy atom. The first-order chi connectivity index (χ1) is 22.9. The van der Waals surface area contributed by atoms with Crippen molar-refractivity contribution < 1.29 is 61.9 Å². The lowest BCUT2D eigenvalue weighted by Crippen LogP contribution is -2.54. The lowest BCUT2D eigenvalue weighted by atomic mass is 10.0.